The predicted molar refractivity (Wildman–Crippen MR) is 77.5 cm³/mol. The Labute approximate surface area is 115 Å². The number of hydrogen-bond acceptors (Lipinski definition) is 4. The van der Waals surface area contributed by atoms with E-state index >= 15 is 0 Å². The average molecular weight is 260 g/mol. The molecule has 0 bridgehead atoms. The van der Waals surface area contributed by atoms with Crippen LogP contribution in [0.4, 0.5) is 5.95 Å². The van der Waals surface area contributed by atoms with Gasteiger partial charge in [0, 0.05) is 37.1 Å². The van der Waals surface area contributed by atoms with E-state index in [1.165, 1.54) is 0 Å². The van der Waals surface area contributed by atoms with Crippen molar-refractivity contribution in [2.45, 2.75) is 39.7 Å². The normalized spacial score (nSPS) is 30.2. The fraction of sp³-hybridized carbons (Fsp3) is 0.733. The molecule has 4 heteroatoms. The highest BCUT2D eigenvalue weighted by molar-refractivity contribution is 5.37. The van der Waals surface area contributed by atoms with Gasteiger partial charge in [-0.1, -0.05) is 13.8 Å². The molecule has 2 aliphatic rings. The lowest BCUT2D eigenvalue weighted by atomic mass is 9.95. The Morgan fingerprint density at radius 1 is 1.32 bits per heavy atom. The first-order valence-corrected chi connectivity index (χ1v) is 7.39. The summed E-state index contributed by atoms with van der Waals surface area (Å²) in [6.07, 6.45) is 0. The van der Waals surface area contributed by atoms with Crippen LogP contribution < -0.4 is 10.2 Å². The highest BCUT2D eigenvalue weighted by atomic mass is 15.3. The van der Waals surface area contributed by atoms with Crippen LogP contribution in [0.5, 0.6) is 0 Å². The van der Waals surface area contributed by atoms with Gasteiger partial charge in [0.05, 0.1) is 0 Å². The molecule has 104 valence electrons. The molecule has 3 atom stereocenters. The third kappa shape index (κ3) is 2.22. The number of aryl methyl sites for hydroxylation is 1. The number of nitrogens with one attached hydrogen (secondary N) is 1. The van der Waals surface area contributed by atoms with Crippen LogP contribution in [0.25, 0.3) is 0 Å². The monoisotopic (exact) mass is 260 g/mol. The van der Waals surface area contributed by atoms with Gasteiger partial charge in [-0.25, -0.2) is 9.97 Å². The first-order chi connectivity index (χ1) is 9.06. The topological polar surface area (TPSA) is 41.1 Å². The van der Waals surface area contributed by atoms with Gasteiger partial charge in [0.1, 0.15) is 0 Å². The number of anilines is 1. The molecule has 2 saturated heterocycles. The smallest absolute Gasteiger partial charge is 0.226 e. The minimum absolute atomic E-state index is 0.458. The summed E-state index contributed by atoms with van der Waals surface area (Å²) in [6.45, 7) is 12.2. The molecule has 0 aliphatic carbocycles. The van der Waals surface area contributed by atoms with Crippen molar-refractivity contribution < 1.29 is 0 Å². The molecule has 0 radical (unpaired) electrons. The largest absolute Gasteiger partial charge is 0.337 e. The van der Waals surface area contributed by atoms with Crippen molar-refractivity contribution >= 4 is 5.95 Å². The van der Waals surface area contributed by atoms with Crippen molar-refractivity contribution in [1.82, 2.24) is 15.3 Å². The first kappa shape index (κ1) is 12.9. The molecule has 3 unspecified atom stereocenters. The van der Waals surface area contributed by atoms with Crippen molar-refractivity contribution in [3.63, 3.8) is 0 Å². The molecule has 1 N–H and O–H groups in total. The molecule has 0 aromatic carbocycles. The summed E-state index contributed by atoms with van der Waals surface area (Å²) >= 11 is 0. The standard InChI is InChI=1S/C15H24N4/c1-9(2)14-5-10(3)17-15(18-14)19-8-12-6-16-7-13(12)11(19)4/h5,9,11-13,16H,6-8H2,1-4H3. The zero-order valence-corrected chi connectivity index (χ0v) is 12.3. The lowest BCUT2D eigenvalue weighted by molar-refractivity contribution is 0.470. The van der Waals surface area contributed by atoms with Gasteiger partial charge in [0.15, 0.2) is 0 Å². The zero-order valence-electron chi connectivity index (χ0n) is 12.3. The van der Waals surface area contributed by atoms with Gasteiger partial charge in [-0.05, 0) is 37.7 Å². The van der Waals surface area contributed by atoms with Crippen LogP contribution in [0.1, 0.15) is 38.1 Å². The predicted octanol–water partition coefficient (Wildman–Crippen LogP) is 1.95. The van der Waals surface area contributed by atoms with E-state index in [4.69, 9.17) is 4.98 Å². The third-order valence-corrected chi connectivity index (χ3v) is 4.65. The highest BCUT2D eigenvalue weighted by Crippen LogP contribution is 2.34. The van der Waals surface area contributed by atoms with Crippen molar-refractivity contribution in [3.8, 4) is 0 Å². The Bertz CT molecular complexity index is 471. The molecule has 3 heterocycles. The Balaban J connectivity index is 1.90. The van der Waals surface area contributed by atoms with Crippen LogP contribution in [-0.2, 0) is 0 Å². The minimum atomic E-state index is 0.458. The molecular weight excluding hydrogens is 236 g/mol. The second-order valence-corrected chi connectivity index (χ2v) is 6.36. The van der Waals surface area contributed by atoms with Crippen LogP contribution in [0.2, 0.25) is 0 Å². The van der Waals surface area contributed by atoms with Crippen molar-refractivity contribution in [3.05, 3.63) is 17.5 Å². The number of aromatic nitrogens is 2. The second kappa shape index (κ2) is 4.75. The molecular formula is C15H24N4. The maximum Gasteiger partial charge on any atom is 0.226 e. The second-order valence-electron chi connectivity index (χ2n) is 6.36. The van der Waals surface area contributed by atoms with Crippen LogP contribution >= 0.6 is 0 Å². The van der Waals surface area contributed by atoms with Crippen LogP contribution in [0, 0.1) is 18.8 Å². The summed E-state index contributed by atoms with van der Waals surface area (Å²) < 4.78 is 0. The van der Waals surface area contributed by atoms with Gasteiger partial charge in [-0.2, -0.15) is 0 Å². The molecule has 2 aliphatic heterocycles. The SMILES string of the molecule is Cc1cc(C(C)C)nc(N2CC3CNCC3C2C)n1. The van der Waals surface area contributed by atoms with Gasteiger partial charge in [0.2, 0.25) is 5.95 Å². The summed E-state index contributed by atoms with van der Waals surface area (Å²) in [7, 11) is 0. The molecule has 0 amide bonds. The minimum Gasteiger partial charge on any atom is -0.337 e. The molecule has 1 aromatic heterocycles. The quantitative estimate of drug-likeness (QED) is 0.882. The van der Waals surface area contributed by atoms with E-state index in [1.54, 1.807) is 0 Å². The molecule has 0 saturated carbocycles. The molecule has 19 heavy (non-hydrogen) atoms. The van der Waals surface area contributed by atoms with E-state index in [2.05, 4.69) is 49.0 Å². The van der Waals surface area contributed by atoms with E-state index in [9.17, 15) is 0 Å². The van der Waals surface area contributed by atoms with E-state index in [-0.39, 0.29) is 0 Å². The molecule has 2 fully saturated rings. The van der Waals surface area contributed by atoms with E-state index in [1.807, 2.05) is 0 Å². The van der Waals surface area contributed by atoms with Gasteiger partial charge in [0.25, 0.3) is 0 Å². The van der Waals surface area contributed by atoms with Gasteiger partial charge >= 0.3 is 0 Å². The van der Waals surface area contributed by atoms with E-state index in [0.717, 1.165) is 48.8 Å². The van der Waals surface area contributed by atoms with Gasteiger partial charge in [-0.3, -0.25) is 0 Å². The molecule has 4 nitrogen and oxygen atoms in total. The van der Waals surface area contributed by atoms with Crippen LogP contribution in [0.15, 0.2) is 6.07 Å². The number of fused-ring (bicyclic) bond motifs is 1. The lowest BCUT2D eigenvalue weighted by Gasteiger charge is -2.25. The van der Waals surface area contributed by atoms with Gasteiger partial charge in [-0.15, -0.1) is 0 Å². The Morgan fingerprint density at radius 2 is 2.11 bits per heavy atom. The average Bonchev–Trinajstić information content (AvgIpc) is 2.92. The van der Waals surface area contributed by atoms with E-state index in [0.29, 0.717) is 12.0 Å². The molecule has 1 aromatic rings. The maximum absolute atomic E-state index is 4.79. The maximum atomic E-state index is 4.79. The fourth-order valence-electron chi connectivity index (χ4n) is 3.43. The van der Waals surface area contributed by atoms with Crippen molar-refractivity contribution in [1.29, 1.82) is 0 Å². The summed E-state index contributed by atoms with van der Waals surface area (Å²) in [5.41, 5.74) is 2.24. The highest BCUT2D eigenvalue weighted by Gasteiger charge is 2.42. The van der Waals surface area contributed by atoms with Crippen molar-refractivity contribution in [2.24, 2.45) is 11.8 Å². The first-order valence-electron chi connectivity index (χ1n) is 7.39. The summed E-state index contributed by atoms with van der Waals surface area (Å²) in [6, 6.07) is 2.65. The lowest BCUT2D eigenvalue weighted by Crippen LogP contribution is -2.34. The molecule has 3 rings (SSSR count). The Morgan fingerprint density at radius 3 is 2.79 bits per heavy atom. The summed E-state index contributed by atoms with van der Waals surface area (Å²) in [4.78, 5) is 11.9. The van der Waals surface area contributed by atoms with Crippen LogP contribution in [0.3, 0.4) is 0 Å². The van der Waals surface area contributed by atoms with E-state index < -0.39 is 0 Å². The summed E-state index contributed by atoms with van der Waals surface area (Å²) in [5.74, 6) is 2.92. The number of rotatable bonds is 2. The number of nitrogens with zero attached hydrogens (tertiary/aromatic N) is 3. The van der Waals surface area contributed by atoms with Crippen molar-refractivity contribution in [2.75, 3.05) is 24.5 Å². The zero-order chi connectivity index (χ0) is 13.6. The Hall–Kier alpha value is -1.16. The Kier molecular flexibility index (Phi) is 3.21. The third-order valence-electron chi connectivity index (χ3n) is 4.65. The van der Waals surface area contributed by atoms with Crippen LogP contribution in [-0.4, -0.2) is 35.6 Å². The van der Waals surface area contributed by atoms with Gasteiger partial charge < -0.3 is 10.2 Å². The molecule has 0 spiro atoms. The summed E-state index contributed by atoms with van der Waals surface area (Å²) in [5, 5.41) is 3.50. The number of hydrogen-bond donors (Lipinski definition) is 1. The fourth-order valence-corrected chi connectivity index (χ4v) is 3.43.